The molecule has 11 nitrogen and oxygen atoms in total. The molecule has 0 aromatic heterocycles. The first-order valence-electron chi connectivity index (χ1n) is 35.4. The molecule has 0 bridgehead atoms. The van der Waals surface area contributed by atoms with Crippen LogP contribution >= 0.6 is 23.5 Å². The molecule has 6 aliphatic rings. The Hall–Kier alpha value is -10.7. The monoisotopic (exact) mass is 1410 g/mol. The number of aryl methyl sites for hydroxylation is 1. The number of nitro benzene ring substituents is 1. The van der Waals surface area contributed by atoms with Gasteiger partial charge in [-0.3, -0.25) is 34.1 Å². The second-order valence-electron chi connectivity index (χ2n) is 27.7. The van der Waals surface area contributed by atoms with Crippen LogP contribution in [0.2, 0.25) is 0 Å². The van der Waals surface area contributed by atoms with Crippen molar-refractivity contribution in [3.63, 3.8) is 0 Å². The number of benzene rings is 11. The second-order valence-corrected chi connectivity index (χ2v) is 29.4. The molecule has 104 heavy (non-hydrogen) atoms. The van der Waals surface area contributed by atoms with Crippen LogP contribution in [-0.2, 0) is 38.5 Å². The molecule has 0 fully saturated rings. The third-order valence-electron chi connectivity index (χ3n) is 20.5. The average molecular weight is 1410 g/mol. The van der Waals surface area contributed by atoms with Crippen LogP contribution < -0.4 is 14.2 Å². The van der Waals surface area contributed by atoms with Crippen molar-refractivity contribution >= 4 is 58.1 Å². The highest BCUT2D eigenvalue weighted by Gasteiger charge is 2.34. The maximum atomic E-state index is 12.2. The Morgan fingerprint density at radius 3 is 1.30 bits per heavy atom. The van der Waals surface area contributed by atoms with E-state index in [2.05, 4.69) is 98.3 Å². The smallest absolute Gasteiger partial charge is 0.269 e. The standard InChI is InChI=1S/C22H18O2.2C18H18OS.C17H14O3.C16H13NO3/c1-15-14-21-19(8-5-9-20(21)22(15)23)16-10-12-18(13-11-16)24-17-6-3-2-4-7-17;1-11-7-8-17(20-3)16(9-11)13-5-4-6-14-15(13)10-12(2)18(14)19;1-12-10-17-14(4-3-5-16(17)18(12)19)11-13-6-8-15(20-2)9-7-13;1-10-7-14-12(3-2-4-13(14)17(10)18)11-5-6-15-16(8-11)20-9-19-15;1-10-9-15-13(3-2-4-14(15)16(10)18)11-5-7-12(8-6-11)17(19)20/h2-13,15H,14H2,1H3;4-9,12H,10H2,1-3H3;3-9,12H,10-11H2,1-2H3;2-6,8,10H,7,9H2,1H3;2-8,10H,9H2,1H3. The molecule has 0 N–H and O–H groups in total. The summed E-state index contributed by atoms with van der Waals surface area (Å²) in [5.74, 6) is 4.93. The number of carbonyl (C=O) groups is 5. The predicted molar refractivity (Wildman–Crippen MR) is 417 cm³/mol. The van der Waals surface area contributed by atoms with Gasteiger partial charge in [0.05, 0.1) is 4.92 Å². The molecule has 5 atom stereocenters. The van der Waals surface area contributed by atoms with Gasteiger partial charge in [-0.05, 0) is 208 Å². The lowest BCUT2D eigenvalue weighted by atomic mass is 9.95. The Balaban J connectivity index is 0.000000116. The van der Waals surface area contributed by atoms with Gasteiger partial charge in [-0.15, -0.1) is 23.5 Å². The number of thioether (sulfide) groups is 2. The van der Waals surface area contributed by atoms with Gasteiger partial charge in [-0.2, -0.15) is 0 Å². The van der Waals surface area contributed by atoms with Crippen molar-refractivity contribution in [3.8, 4) is 67.5 Å². The molecule has 0 amide bonds. The van der Waals surface area contributed by atoms with E-state index in [-0.39, 0.29) is 59.4 Å². The molecule has 5 aliphatic carbocycles. The van der Waals surface area contributed by atoms with Crippen molar-refractivity contribution < 1.29 is 43.1 Å². The minimum Gasteiger partial charge on any atom is -0.457 e. The minimum absolute atomic E-state index is 0.0178. The number of non-ortho nitro benzene ring substituents is 1. The SMILES string of the molecule is CC1Cc2c(cccc2-c2ccc(Oc3ccccc3)cc2)C1=O.CC1Cc2c(cccc2-c2ccc([N+](=O)[O-])cc2)C1=O.CC1Cc2c(cccc2-c2ccc3c(c2)OCO3)C1=O.CSc1ccc(C)cc1-c1cccc2c1CC(C)C2=O.CSc1ccc(Cc2cccc3c2CC(C)C3=O)cc1. The number of ether oxygens (including phenoxy) is 3. The summed E-state index contributed by atoms with van der Waals surface area (Å²) in [6, 6.07) is 75.4. The van der Waals surface area contributed by atoms with E-state index >= 15 is 0 Å². The summed E-state index contributed by atoms with van der Waals surface area (Å²) in [5, 5.41) is 10.7. The summed E-state index contributed by atoms with van der Waals surface area (Å²) < 4.78 is 16.6. The van der Waals surface area contributed by atoms with E-state index < -0.39 is 4.92 Å². The summed E-state index contributed by atoms with van der Waals surface area (Å²) in [5.41, 5.74) is 23.1. The van der Waals surface area contributed by atoms with Gasteiger partial charge in [0, 0.05) is 79.3 Å². The number of hydrogen-bond donors (Lipinski definition) is 0. The number of rotatable bonds is 11. The van der Waals surface area contributed by atoms with Crippen LogP contribution in [0.3, 0.4) is 0 Å². The lowest BCUT2D eigenvalue weighted by Crippen LogP contribution is -2.02. The predicted octanol–water partition coefficient (Wildman–Crippen LogP) is 21.7. The van der Waals surface area contributed by atoms with Gasteiger partial charge in [0.15, 0.2) is 40.4 Å². The van der Waals surface area contributed by atoms with Gasteiger partial charge < -0.3 is 14.2 Å². The van der Waals surface area contributed by atoms with Gasteiger partial charge in [0.1, 0.15) is 11.5 Å². The lowest BCUT2D eigenvalue weighted by molar-refractivity contribution is -0.384. The van der Waals surface area contributed by atoms with E-state index in [9.17, 15) is 34.1 Å². The highest BCUT2D eigenvalue weighted by Crippen LogP contribution is 2.43. The van der Waals surface area contributed by atoms with E-state index in [0.29, 0.717) is 11.6 Å². The Morgan fingerprint density at radius 2 is 0.808 bits per heavy atom. The maximum Gasteiger partial charge on any atom is 0.269 e. The van der Waals surface area contributed by atoms with E-state index in [1.807, 2.05) is 162 Å². The first kappa shape index (κ1) is 71.7. The number of nitrogens with zero attached hydrogens (tertiary/aromatic N) is 1. The van der Waals surface area contributed by atoms with Gasteiger partial charge in [0.25, 0.3) is 5.69 Å². The van der Waals surface area contributed by atoms with Crippen molar-refractivity contribution in [2.75, 3.05) is 19.3 Å². The van der Waals surface area contributed by atoms with Crippen LogP contribution in [0.5, 0.6) is 23.0 Å². The van der Waals surface area contributed by atoms with E-state index in [0.717, 1.165) is 134 Å². The molecule has 11 aromatic carbocycles. The molecule has 1 aliphatic heterocycles. The zero-order valence-electron chi connectivity index (χ0n) is 59.6. The molecular weight excluding hydrogens is 1330 g/mol. The average Bonchev–Trinajstić information content (AvgIpc) is 1.63. The molecule has 1 heterocycles. The number of nitro groups is 1. The van der Waals surface area contributed by atoms with Crippen LogP contribution in [0.4, 0.5) is 5.69 Å². The van der Waals surface area contributed by atoms with Gasteiger partial charge in [-0.1, -0.05) is 192 Å². The van der Waals surface area contributed by atoms with Crippen molar-refractivity contribution in [3.05, 3.63) is 313 Å². The zero-order valence-corrected chi connectivity index (χ0v) is 61.3. The Labute approximate surface area is 616 Å². The van der Waals surface area contributed by atoms with Gasteiger partial charge in [0.2, 0.25) is 6.79 Å². The molecule has 11 aromatic rings. The summed E-state index contributed by atoms with van der Waals surface area (Å²) in [7, 11) is 0. The topological polar surface area (TPSA) is 156 Å². The van der Waals surface area contributed by atoms with E-state index in [1.165, 1.54) is 66.4 Å². The number of para-hydroxylation sites is 1. The van der Waals surface area contributed by atoms with Crippen LogP contribution in [0.1, 0.15) is 131 Å². The first-order chi connectivity index (χ1) is 50.3. The first-order valence-corrected chi connectivity index (χ1v) is 37.8. The fourth-order valence-corrected chi connectivity index (χ4v) is 16.0. The maximum absolute atomic E-state index is 12.2. The summed E-state index contributed by atoms with van der Waals surface area (Å²) in [6.07, 6.45) is 9.25. The highest BCUT2D eigenvalue weighted by molar-refractivity contribution is 7.99. The van der Waals surface area contributed by atoms with Crippen LogP contribution in [0.25, 0.3) is 44.5 Å². The Bertz CT molecular complexity index is 5120. The second kappa shape index (κ2) is 31.5. The number of carbonyl (C=O) groups excluding carboxylic acids is 5. The molecule has 0 radical (unpaired) electrons. The quantitative estimate of drug-likeness (QED) is 0.0687. The number of fused-ring (bicyclic) bond motifs is 6. The third kappa shape index (κ3) is 15.2. The Morgan fingerprint density at radius 1 is 0.394 bits per heavy atom. The van der Waals surface area contributed by atoms with Crippen molar-refractivity contribution in [2.45, 2.75) is 89.9 Å². The molecule has 0 spiro atoms. The molecule has 17 rings (SSSR count). The van der Waals surface area contributed by atoms with Crippen LogP contribution in [0.15, 0.2) is 240 Å². The zero-order chi connectivity index (χ0) is 72.9. The van der Waals surface area contributed by atoms with Crippen molar-refractivity contribution in [1.29, 1.82) is 0 Å². The van der Waals surface area contributed by atoms with Gasteiger partial charge in [-0.25, -0.2) is 0 Å². The normalized spacial score (nSPS) is 17.3. The van der Waals surface area contributed by atoms with Crippen LogP contribution in [0, 0.1) is 46.6 Å². The molecule has 5 unspecified atom stereocenters. The Kier molecular flexibility index (Phi) is 21.7. The largest absolute Gasteiger partial charge is 0.457 e. The number of hydrogen-bond acceptors (Lipinski definition) is 12. The van der Waals surface area contributed by atoms with Crippen LogP contribution in [-0.4, -0.2) is 53.1 Å². The third-order valence-corrected chi connectivity index (χ3v) is 22.0. The lowest BCUT2D eigenvalue weighted by Gasteiger charge is -2.13. The number of Topliss-reactive ketones (excluding diaryl/α,β-unsaturated/α-hetero) is 5. The molecule has 13 heteroatoms. The van der Waals surface area contributed by atoms with Gasteiger partial charge >= 0.3 is 0 Å². The molecular formula is C91H81NO10S2. The highest BCUT2D eigenvalue weighted by atomic mass is 32.2. The molecule has 522 valence electrons. The fourth-order valence-electron chi connectivity index (χ4n) is 15.0. The van der Waals surface area contributed by atoms with Crippen molar-refractivity contribution in [1.82, 2.24) is 0 Å². The number of ketones is 5. The summed E-state index contributed by atoms with van der Waals surface area (Å²) >= 11 is 3.52. The molecule has 0 saturated heterocycles. The summed E-state index contributed by atoms with van der Waals surface area (Å²) in [4.78, 5) is 73.5. The molecule has 0 saturated carbocycles. The fraction of sp³-hybridized carbons (Fsp3) is 0.220. The van der Waals surface area contributed by atoms with Crippen molar-refractivity contribution in [2.24, 2.45) is 29.6 Å². The summed E-state index contributed by atoms with van der Waals surface area (Å²) in [6.45, 7) is 12.4. The van der Waals surface area contributed by atoms with E-state index in [1.54, 1.807) is 35.7 Å². The minimum atomic E-state index is -0.412. The van der Waals surface area contributed by atoms with E-state index in [4.69, 9.17) is 14.2 Å².